The lowest BCUT2D eigenvalue weighted by atomic mass is 9.93. The SMILES string of the molecule is COC(=O)[C@@H]1Cc2ccccc2CN1Cc1c(O)ccc2ccccc12. The zero-order chi connectivity index (χ0) is 18.1. The van der Waals surface area contributed by atoms with Gasteiger partial charge in [0.25, 0.3) is 0 Å². The van der Waals surface area contributed by atoms with Gasteiger partial charge in [-0.1, -0.05) is 54.6 Å². The molecule has 0 saturated heterocycles. The lowest BCUT2D eigenvalue weighted by molar-refractivity contribution is -0.148. The molecule has 0 spiro atoms. The Morgan fingerprint density at radius 3 is 2.62 bits per heavy atom. The van der Waals surface area contributed by atoms with Crippen molar-refractivity contribution in [1.82, 2.24) is 4.90 Å². The first kappa shape index (κ1) is 16.6. The molecule has 3 aromatic carbocycles. The second-order valence-corrected chi connectivity index (χ2v) is 6.70. The van der Waals surface area contributed by atoms with Crippen molar-refractivity contribution in [2.75, 3.05) is 7.11 Å². The van der Waals surface area contributed by atoms with Gasteiger partial charge in [-0.25, -0.2) is 0 Å². The molecule has 3 aromatic rings. The van der Waals surface area contributed by atoms with Gasteiger partial charge in [0.1, 0.15) is 11.8 Å². The van der Waals surface area contributed by atoms with E-state index in [1.807, 2.05) is 42.5 Å². The maximum atomic E-state index is 12.4. The quantitative estimate of drug-likeness (QED) is 0.735. The number of rotatable bonds is 3. The van der Waals surface area contributed by atoms with Gasteiger partial charge in [-0.2, -0.15) is 0 Å². The van der Waals surface area contributed by atoms with E-state index in [2.05, 4.69) is 17.0 Å². The maximum absolute atomic E-state index is 12.4. The summed E-state index contributed by atoms with van der Waals surface area (Å²) in [6.07, 6.45) is 0.619. The Bertz CT molecular complexity index is 967. The average molecular weight is 347 g/mol. The van der Waals surface area contributed by atoms with E-state index in [1.165, 1.54) is 18.2 Å². The third-order valence-corrected chi connectivity index (χ3v) is 5.20. The van der Waals surface area contributed by atoms with Crippen LogP contribution in [0.3, 0.4) is 0 Å². The van der Waals surface area contributed by atoms with Gasteiger partial charge in [0.2, 0.25) is 0 Å². The fourth-order valence-corrected chi connectivity index (χ4v) is 3.81. The molecule has 0 saturated carbocycles. The molecule has 0 aromatic heterocycles. The Kier molecular flexibility index (Phi) is 4.35. The van der Waals surface area contributed by atoms with E-state index < -0.39 is 0 Å². The molecular weight excluding hydrogens is 326 g/mol. The number of carbonyl (C=O) groups is 1. The zero-order valence-corrected chi connectivity index (χ0v) is 14.7. The summed E-state index contributed by atoms with van der Waals surface area (Å²) < 4.78 is 5.05. The normalized spacial score (nSPS) is 17.0. The minimum absolute atomic E-state index is 0.237. The number of esters is 1. The third-order valence-electron chi connectivity index (χ3n) is 5.20. The van der Waals surface area contributed by atoms with Gasteiger partial charge in [-0.3, -0.25) is 9.69 Å². The van der Waals surface area contributed by atoms with Gasteiger partial charge < -0.3 is 9.84 Å². The Labute approximate surface area is 152 Å². The van der Waals surface area contributed by atoms with E-state index in [4.69, 9.17) is 4.74 Å². The highest BCUT2D eigenvalue weighted by molar-refractivity contribution is 5.87. The Balaban J connectivity index is 1.74. The van der Waals surface area contributed by atoms with Gasteiger partial charge in [-0.05, 0) is 34.4 Å². The van der Waals surface area contributed by atoms with Crippen LogP contribution in [0, 0.1) is 0 Å². The molecule has 4 nitrogen and oxygen atoms in total. The monoisotopic (exact) mass is 347 g/mol. The first-order chi connectivity index (χ1) is 12.7. The molecule has 0 bridgehead atoms. The van der Waals surface area contributed by atoms with Gasteiger partial charge in [0, 0.05) is 18.7 Å². The van der Waals surface area contributed by atoms with E-state index in [1.54, 1.807) is 6.07 Å². The van der Waals surface area contributed by atoms with Gasteiger partial charge >= 0.3 is 5.97 Å². The van der Waals surface area contributed by atoms with Crippen LogP contribution in [0.5, 0.6) is 5.75 Å². The number of methoxy groups -OCH3 is 1. The first-order valence-corrected chi connectivity index (χ1v) is 8.75. The van der Waals surface area contributed by atoms with Crippen molar-refractivity contribution in [3.05, 3.63) is 77.4 Å². The number of aromatic hydroxyl groups is 1. The lowest BCUT2D eigenvalue weighted by Gasteiger charge is -2.35. The standard InChI is InChI=1S/C22H21NO3/c1-26-22(25)20-12-16-7-2-3-8-17(16)13-23(20)14-19-18-9-5-4-6-15(18)10-11-21(19)24/h2-11,20,24H,12-14H2,1H3/t20-/m0/s1. The topological polar surface area (TPSA) is 49.8 Å². The zero-order valence-electron chi connectivity index (χ0n) is 14.7. The smallest absolute Gasteiger partial charge is 0.323 e. The fraction of sp³-hybridized carbons (Fsp3) is 0.227. The molecule has 1 aliphatic heterocycles. The van der Waals surface area contributed by atoms with Gasteiger partial charge in [-0.15, -0.1) is 0 Å². The molecule has 1 aliphatic rings. The lowest BCUT2D eigenvalue weighted by Crippen LogP contribution is -2.45. The fourth-order valence-electron chi connectivity index (χ4n) is 3.81. The molecule has 1 heterocycles. The molecule has 0 aliphatic carbocycles. The molecule has 132 valence electrons. The van der Waals surface area contributed by atoms with Gasteiger partial charge in [0.15, 0.2) is 0 Å². The van der Waals surface area contributed by atoms with Crippen LogP contribution < -0.4 is 0 Å². The van der Waals surface area contributed by atoms with E-state index in [-0.39, 0.29) is 17.8 Å². The van der Waals surface area contributed by atoms with Crippen LogP contribution in [0.25, 0.3) is 10.8 Å². The number of hydrogen-bond donors (Lipinski definition) is 1. The van der Waals surface area contributed by atoms with Crippen LogP contribution >= 0.6 is 0 Å². The van der Waals surface area contributed by atoms with Crippen LogP contribution in [0.4, 0.5) is 0 Å². The highest BCUT2D eigenvalue weighted by Gasteiger charge is 2.32. The summed E-state index contributed by atoms with van der Waals surface area (Å²) in [5.41, 5.74) is 3.24. The molecular formula is C22H21NO3. The minimum atomic E-state index is -0.353. The number of carbonyl (C=O) groups excluding carboxylic acids is 1. The Hall–Kier alpha value is -2.85. The number of phenolic OH excluding ortho intramolecular Hbond substituents is 1. The van der Waals surface area contributed by atoms with E-state index in [0.29, 0.717) is 19.5 Å². The van der Waals surface area contributed by atoms with E-state index in [0.717, 1.165) is 16.3 Å². The van der Waals surface area contributed by atoms with Crippen LogP contribution in [-0.2, 0) is 29.0 Å². The Morgan fingerprint density at radius 2 is 1.81 bits per heavy atom. The number of hydrogen-bond acceptors (Lipinski definition) is 4. The molecule has 0 unspecified atom stereocenters. The number of fused-ring (bicyclic) bond motifs is 2. The second-order valence-electron chi connectivity index (χ2n) is 6.70. The van der Waals surface area contributed by atoms with Crippen LogP contribution in [0.2, 0.25) is 0 Å². The van der Waals surface area contributed by atoms with Crippen molar-refractivity contribution in [2.24, 2.45) is 0 Å². The highest BCUT2D eigenvalue weighted by Crippen LogP contribution is 2.32. The van der Waals surface area contributed by atoms with Gasteiger partial charge in [0.05, 0.1) is 7.11 Å². The summed E-state index contributed by atoms with van der Waals surface area (Å²) in [4.78, 5) is 14.5. The van der Waals surface area contributed by atoms with Crippen molar-refractivity contribution in [3.8, 4) is 5.75 Å². The average Bonchev–Trinajstić information content (AvgIpc) is 2.69. The summed E-state index contributed by atoms with van der Waals surface area (Å²) in [5, 5.41) is 12.6. The van der Waals surface area contributed by atoms with Crippen molar-refractivity contribution in [3.63, 3.8) is 0 Å². The van der Waals surface area contributed by atoms with Crippen LogP contribution in [-0.4, -0.2) is 29.1 Å². The minimum Gasteiger partial charge on any atom is -0.508 e. The molecule has 0 amide bonds. The molecule has 1 atom stereocenters. The first-order valence-electron chi connectivity index (χ1n) is 8.75. The van der Waals surface area contributed by atoms with Crippen molar-refractivity contribution in [2.45, 2.75) is 25.6 Å². The summed E-state index contributed by atoms with van der Waals surface area (Å²) in [7, 11) is 1.43. The summed E-state index contributed by atoms with van der Waals surface area (Å²) in [6.45, 7) is 1.14. The predicted octanol–water partition coefficient (Wildman–Crippen LogP) is 3.65. The Morgan fingerprint density at radius 1 is 1.08 bits per heavy atom. The second kappa shape index (κ2) is 6.81. The number of benzene rings is 3. The third kappa shape index (κ3) is 2.93. The molecule has 4 heteroatoms. The molecule has 4 rings (SSSR count). The number of phenols is 1. The number of nitrogens with zero attached hydrogens (tertiary/aromatic N) is 1. The molecule has 0 fully saturated rings. The maximum Gasteiger partial charge on any atom is 0.323 e. The summed E-state index contributed by atoms with van der Waals surface area (Å²) >= 11 is 0. The van der Waals surface area contributed by atoms with E-state index in [9.17, 15) is 9.90 Å². The van der Waals surface area contributed by atoms with Crippen molar-refractivity contribution in [1.29, 1.82) is 0 Å². The molecule has 1 N–H and O–H groups in total. The largest absolute Gasteiger partial charge is 0.508 e. The highest BCUT2D eigenvalue weighted by atomic mass is 16.5. The van der Waals surface area contributed by atoms with Crippen molar-refractivity contribution >= 4 is 16.7 Å². The van der Waals surface area contributed by atoms with Crippen molar-refractivity contribution < 1.29 is 14.6 Å². The molecule has 0 radical (unpaired) electrons. The van der Waals surface area contributed by atoms with Crippen LogP contribution in [0.15, 0.2) is 60.7 Å². The summed E-state index contributed by atoms with van der Waals surface area (Å²) in [5.74, 6) is 0.0189. The number of ether oxygens (including phenoxy) is 1. The van der Waals surface area contributed by atoms with Crippen LogP contribution in [0.1, 0.15) is 16.7 Å². The molecule has 26 heavy (non-hydrogen) atoms. The summed E-state index contributed by atoms with van der Waals surface area (Å²) in [6, 6.07) is 19.5. The van der Waals surface area contributed by atoms with E-state index >= 15 is 0 Å². The predicted molar refractivity (Wildman–Crippen MR) is 101 cm³/mol.